The minimum Gasteiger partial charge on any atom is -0.293 e. The molecule has 2 nitrogen and oxygen atoms in total. The average Bonchev–Trinajstić information content (AvgIpc) is 2.15. The largest absolute Gasteiger partial charge is 0.293 e. The highest BCUT2D eigenvalue weighted by Gasteiger charge is 2.01. The van der Waals surface area contributed by atoms with Crippen molar-refractivity contribution >= 4 is 12.0 Å². The van der Waals surface area contributed by atoms with Crippen molar-refractivity contribution in [2.24, 2.45) is 4.99 Å². The molecule has 0 fully saturated rings. The van der Waals surface area contributed by atoms with Gasteiger partial charge in [-0.15, -0.1) is 0 Å². The summed E-state index contributed by atoms with van der Waals surface area (Å²) in [4.78, 5) is 14.8. The second-order valence-corrected chi connectivity index (χ2v) is 3.48. The van der Waals surface area contributed by atoms with Crippen LogP contribution in [0.1, 0.15) is 31.0 Å². The van der Waals surface area contributed by atoms with Crippen LogP contribution in [0.3, 0.4) is 0 Å². The first-order chi connectivity index (χ1) is 6.59. The number of aryl methyl sites for hydroxylation is 1. The van der Waals surface area contributed by atoms with E-state index >= 15 is 0 Å². The zero-order valence-electron chi connectivity index (χ0n) is 8.82. The molecule has 0 N–H and O–H groups in total. The number of hydrogen-bond acceptors (Lipinski definition) is 2. The minimum absolute atomic E-state index is 0.0102. The maximum absolute atomic E-state index is 10.7. The number of nitrogens with zero attached hydrogens (tertiary/aromatic N) is 1. The Balaban J connectivity index is 2.74. The summed E-state index contributed by atoms with van der Waals surface area (Å²) in [5.74, 6) is -0.0102. The molecule has 0 saturated heterocycles. The van der Waals surface area contributed by atoms with Crippen molar-refractivity contribution in [1.82, 2.24) is 0 Å². The van der Waals surface area contributed by atoms with Crippen LogP contribution in [0.2, 0.25) is 0 Å². The summed E-state index contributed by atoms with van der Waals surface area (Å²) in [6.45, 7) is 5.53. The van der Waals surface area contributed by atoms with Gasteiger partial charge in [0.2, 0.25) is 0 Å². The quantitative estimate of drug-likeness (QED) is 0.672. The molecule has 0 unspecified atom stereocenters. The van der Waals surface area contributed by atoms with Gasteiger partial charge in [0.1, 0.15) is 0 Å². The summed E-state index contributed by atoms with van der Waals surface area (Å²) in [5.41, 5.74) is 2.37. The molecule has 14 heavy (non-hydrogen) atoms. The van der Waals surface area contributed by atoms with Crippen LogP contribution >= 0.6 is 0 Å². The lowest BCUT2D eigenvalue weighted by Crippen LogP contribution is -1.95. The van der Waals surface area contributed by atoms with Crippen LogP contribution < -0.4 is 0 Å². The Kier molecular flexibility index (Phi) is 3.57. The molecule has 74 valence electrons. The first kappa shape index (κ1) is 10.6. The maximum atomic E-state index is 10.7. The second-order valence-electron chi connectivity index (χ2n) is 3.48. The van der Waals surface area contributed by atoms with E-state index in [0.29, 0.717) is 0 Å². The third-order valence-electron chi connectivity index (χ3n) is 2.04. The standard InChI is InChI=1S/C12H15NO/c1-9-4-6-12(7-5-9)11(3)13-8-10(2)14/h4-8,11H,1-3H3/t11-/m0/s1. The van der Waals surface area contributed by atoms with E-state index in [0.717, 1.165) is 5.56 Å². The van der Waals surface area contributed by atoms with Crippen LogP contribution in [0.4, 0.5) is 0 Å². The smallest absolute Gasteiger partial charge is 0.170 e. The third-order valence-corrected chi connectivity index (χ3v) is 2.04. The first-order valence-electron chi connectivity index (χ1n) is 4.70. The van der Waals surface area contributed by atoms with Gasteiger partial charge in [-0.3, -0.25) is 9.79 Å². The van der Waals surface area contributed by atoms with Crippen LogP contribution in [-0.4, -0.2) is 12.0 Å². The normalized spacial score (nSPS) is 13.1. The Morgan fingerprint density at radius 2 is 1.93 bits per heavy atom. The Hall–Kier alpha value is -1.44. The van der Waals surface area contributed by atoms with Gasteiger partial charge >= 0.3 is 0 Å². The highest BCUT2D eigenvalue weighted by molar-refractivity contribution is 6.26. The number of carbonyl (C=O) groups excluding carboxylic acids is 1. The van der Waals surface area contributed by atoms with Gasteiger partial charge in [-0.25, -0.2) is 0 Å². The first-order valence-corrected chi connectivity index (χ1v) is 4.70. The lowest BCUT2D eigenvalue weighted by atomic mass is 10.1. The summed E-state index contributed by atoms with van der Waals surface area (Å²) in [6.07, 6.45) is 1.38. The van der Waals surface area contributed by atoms with Gasteiger partial charge in [0.05, 0.1) is 12.3 Å². The predicted octanol–water partition coefficient (Wildman–Crippen LogP) is 2.72. The second kappa shape index (κ2) is 4.70. The average molecular weight is 189 g/mol. The molecule has 0 heterocycles. The van der Waals surface area contributed by atoms with E-state index in [-0.39, 0.29) is 11.8 Å². The Labute approximate surface area is 84.7 Å². The molecule has 0 spiro atoms. The molecule has 1 aromatic rings. The number of rotatable bonds is 3. The van der Waals surface area contributed by atoms with Crippen molar-refractivity contribution in [3.8, 4) is 0 Å². The predicted molar refractivity (Wildman–Crippen MR) is 58.8 cm³/mol. The molecule has 0 amide bonds. The van der Waals surface area contributed by atoms with Crippen molar-refractivity contribution < 1.29 is 4.79 Å². The minimum atomic E-state index is -0.0102. The molecule has 0 bridgehead atoms. The van der Waals surface area contributed by atoms with Gasteiger partial charge in [0.15, 0.2) is 5.78 Å². The SMILES string of the molecule is CC(=O)C=N[C@@H](C)c1ccc(C)cc1. The summed E-state index contributed by atoms with van der Waals surface area (Å²) in [6, 6.07) is 8.23. The molecular weight excluding hydrogens is 174 g/mol. The fraction of sp³-hybridized carbons (Fsp3) is 0.333. The summed E-state index contributed by atoms with van der Waals surface area (Å²) < 4.78 is 0. The number of benzene rings is 1. The molecule has 0 aromatic heterocycles. The lowest BCUT2D eigenvalue weighted by molar-refractivity contribution is -0.110. The van der Waals surface area contributed by atoms with Crippen molar-refractivity contribution in [2.45, 2.75) is 26.8 Å². The number of ketones is 1. The maximum Gasteiger partial charge on any atom is 0.170 e. The summed E-state index contributed by atoms with van der Waals surface area (Å²) in [5, 5.41) is 0. The van der Waals surface area contributed by atoms with Crippen LogP contribution in [0.15, 0.2) is 29.3 Å². The van der Waals surface area contributed by atoms with Crippen molar-refractivity contribution in [3.63, 3.8) is 0 Å². The Morgan fingerprint density at radius 3 is 2.43 bits per heavy atom. The highest BCUT2D eigenvalue weighted by Crippen LogP contribution is 2.16. The van der Waals surface area contributed by atoms with E-state index in [2.05, 4.69) is 17.1 Å². The summed E-state index contributed by atoms with van der Waals surface area (Å²) >= 11 is 0. The molecule has 0 saturated carbocycles. The van der Waals surface area contributed by atoms with Crippen molar-refractivity contribution in [2.75, 3.05) is 0 Å². The highest BCUT2D eigenvalue weighted by atomic mass is 16.1. The molecule has 1 rings (SSSR count). The molecule has 1 atom stereocenters. The van der Waals surface area contributed by atoms with Crippen molar-refractivity contribution in [3.05, 3.63) is 35.4 Å². The van der Waals surface area contributed by atoms with Gasteiger partial charge in [-0.2, -0.15) is 0 Å². The van der Waals surface area contributed by atoms with Gasteiger partial charge in [0.25, 0.3) is 0 Å². The molecular formula is C12H15NO. The van der Waals surface area contributed by atoms with Crippen molar-refractivity contribution in [1.29, 1.82) is 0 Å². The van der Waals surface area contributed by atoms with E-state index in [1.807, 2.05) is 26.0 Å². The number of Topliss-reactive ketones (excluding diaryl/α,β-unsaturated/α-hetero) is 1. The lowest BCUT2D eigenvalue weighted by Gasteiger charge is -2.05. The van der Waals surface area contributed by atoms with Gasteiger partial charge in [-0.1, -0.05) is 29.8 Å². The fourth-order valence-electron chi connectivity index (χ4n) is 1.15. The van der Waals surface area contributed by atoms with Crippen LogP contribution in [-0.2, 0) is 4.79 Å². The Bertz CT molecular complexity index is 338. The van der Waals surface area contributed by atoms with E-state index in [1.165, 1.54) is 18.7 Å². The van der Waals surface area contributed by atoms with E-state index < -0.39 is 0 Å². The molecule has 0 aliphatic heterocycles. The molecule has 0 aliphatic carbocycles. The topological polar surface area (TPSA) is 29.4 Å². The molecule has 0 aliphatic rings. The summed E-state index contributed by atoms with van der Waals surface area (Å²) in [7, 11) is 0. The zero-order chi connectivity index (χ0) is 10.6. The van der Waals surface area contributed by atoms with E-state index in [4.69, 9.17) is 0 Å². The fourth-order valence-corrected chi connectivity index (χ4v) is 1.15. The molecule has 1 aromatic carbocycles. The molecule has 0 radical (unpaired) electrons. The monoisotopic (exact) mass is 189 g/mol. The van der Waals surface area contributed by atoms with Gasteiger partial charge in [0, 0.05) is 6.92 Å². The number of aliphatic imine (C=N–C) groups is 1. The van der Waals surface area contributed by atoms with Gasteiger partial charge < -0.3 is 0 Å². The third kappa shape index (κ3) is 3.13. The zero-order valence-corrected chi connectivity index (χ0v) is 8.82. The molecule has 2 heteroatoms. The number of carbonyl (C=O) groups is 1. The van der Waals surface area contributed by atoms with E-state index in [1.54, 1.807) is 0 Å². The Morgan fingerprint density at radius 1 is 1.36 bits per heavy atom. The number of hydrogen-bond donors (Lipinski definition) is 0. The van der Waals surface area contributed by atoms with Gasteiger partial charge in [-0.05, 0) is 19.4 Å². The van der Waals surface area contributed by atoms with E-state index in [9.17, 15) is 4.79 Å². The van der Waals surface area contributed by atoms with Crippen LogP contribution in [0.5, 0.6) is 0 Å². The van der Waals surface area contributed by atoms with Crippen LogP contribution in [0.25, 0.3) is 0 Å². The van der Waals surface area contributed by atoms with Crippen LogP contribution in [0, 0.1) is 6.92 Å².